The number of anilines is 1. The van der Waals surface area contributed by atoms with Gasteiger partial charge in [0.15, 0.2) is 22.2 Å². The lowest BCUT2D eigenvalue weighted by molar-refractivity contribution is 0.0997. The fraction of sp³-hybridized carbons (Fsp3) is 0.0476. The van der Waals surface area contributed by atoms with Crippen LogP contribution in [0, 0.1) is 28.8 Å². The number of aromatic nitrogens is 3. The third kappa shape index (κ3) is 3.97. The maximum Gasteiger partial charge on any atom is 0.269 e. The summed E-state index contributed by atoms with van der Waals surface area (Å²) in [5, 5.41) is 14.9. The fourth-order valence-electron chi connectivity index (χ4n) is 3.35. The molecule has 178 valence electrons. The number of aromatic amines is 1. The summed E-state index contributed by atoms with van der Waals surface area (Å²) < 4.78 is 77.8. The monoisotopic (exact) mass is 502 g/mol. The number of primary amides is 1. The van der Waals surface area contributed by atoms with Crippen LogP contribution in [0.3, 0.4) is 0 Å². The Morgan fingerprint density at radius 2 is 1.94 bits per heavy atom. The van der Waals surface area contributed by atoms with Crippen LogP contribution in [-0.4, -0.2) is 36.6 Å². The Hall–Kier alpha value is -4.64. The van der Waals surface area contributed by atoms with E-state index in [-0.39, 0.29) is 28.0 Å². The number of fused-ring (bicyclic) bond motifs is 1. The number of nitrogens with two attached hydrogens (primary N) is 1. The number of carbonyl (C=O) groups is 1. The van der Waals surface area contributed by atoms with Crippen molar-refractivity contribution in [1.82, 2.24) is 15.2 Å². The molecule has 4 N–H and O–H groups in total. The number of hydrogen-bond donors (Lipinski definition) is 3. The molecule has 4 rings (SSSR count). The van der Waals surface area contributed by atoms with Crippen molar-refractivity contribution in [2.45, 2.75) is 4.90 Å². The van der Waals surface area contributed by atoms with E-state index in [2.05, 4.69) is 15.2 Å². The molecule has 0 aliphatic carbocycles. The predicted octanol–water partition coefficient (Wildman–Crippen LogP) is 2.82. The first kappa shape index (κ1) is 23.5. The highest BCUT2D eigenvalue weighted by molar-refractivity contribution is 7.92. The number of nitriles is 1. The minimum atomic E-state index is -4.59. The van der Waals surface area contributed by atoms with Crippen molar-refractivity contribution in [2.24, 2.45) is 5.73 Å². The summed E-state index contributed by atoms with van der Waals surface area (Å²) >= 11 is 0. The largest absolute Gasteiger partial charge is 0.480 e. The van der Waals surface area contributed by atoms with Crippen molar-refractivity contribution < 1.29 is 31.1 Å². The summed E-state index contributed by atoms with van der Waals surface area (Å²) in [5.74, 6) is -5.08. The summed E-state index contributed by atoms with van der Waals surface area (Å²) in [6, 6.07) is 6.41. The summed E-state index contributed by atoms with van der Waals surface area (Å²) in [4.78, 5) is 14.6. The molecule has 2 heterocycles. The van der Waals surface area contributed by atoms with Crippen LogP contribution >= 0.6 is 0 Å². The zero-order chi connectivity index (χ0) is 25.5. The number of ether oxygens (including phenoxy) is 1. The molecule has 14 heteroatoms. The van der Waals surface area contributed by atoms with Crippen LogP contribution in [0.25, 0.3) is 22.0 Å². The Bertz CT molecular complexity index is 1660. The maximum atomic E-state index is 15.4. The van der Waals surface area contributed by atoms with Gasteiger partial charge >= 0.3 is 0 Å². The van der Waals surface area contributed by atoms with Gasteiger partial charge in [0.1, 0.15) is 17.4 Å². The van der Waals surface area contributed by atoms with E-state index in [4.69, 9.17) is 15.7 Å². The van der Waals surface area contributed by atoms with Crippen molar-refractivity contribution in [3.8, 4) is 23.1 Å². The number of halogens is 3. The van der Waals surface area contributed by atoms with Crippen LogP contribution in [-0.2, 0) is 10.0 Å². The molecule has 4 aromatic rings. The van der Waals surface area contributed by atoms with Crippen molar-refractivity contribution in [3.05, 3.63) is 65.2 Å². The summed E-state index contributed by atoms with van der Waals surface area (Å²) in [6.07, 6.45) is 1.08. The van der Waals surface area contributed by atoms with Crippen LogP contribution in [0.2, 0.25) is 0 Å². The lowest BCUT2D eigenvalue weighted by atomic mass is 10.0. The Morgan fingerprint density at radius 1 is 1.20 bits per heavy atom. The molecule has 0 saturated carbocycles. The number of amides is 1. The first-order chi connectivity index (χ1) is 16.6. The number of pyridine rings is 1. The number of nitrogens with zero attached hydrogens (tertiary/aromatic N) is 3. The first-order valence-corrected chi connectivity index (χ1v) is 11.0. The number of carbonyl (C=O) groups excluding carboxylic acids is 1. The molecule has 2 aromatic carbocycles. The standard InChI is InChI=1S/C21H13F3N6O4S/c1-34-21-14(6-9(7-25)8-27-21)35(32,33)30-13-5-4-12(22)15(17(13)24)10-2-3-11-18(16(10)23)28-29-19(11)20(26)31/h2-6,8,30H,1H3,(H2,26,31)(H,28,29). The molecule has 0 spiro atoms. The van der Waals surface area contributed by atoms with Gasteiger partial charge in [-0.1, -0.05) is 6.07 Å². The van der Waals surface area contributed by atoms with E-state index in [1.54, 1.807) is 6.07 Å². The van der Waals surface area contributed by atoms with Gasteiger partial charge in [0.25, 0.3) is 15.9 Å². The van der Waals surface area contributed by atoms with Gasteiger partial charge in [0.2, 0.25) is 5.88 Å². The molecule has 1 amide bonds. The van der Waals surface area contributed by atoms with Crippen LogP contribution in [0.5, 0.6) is 5.88 Å². The Balaban J connectivity index is 1.84. The smallest absolute Gasteiger partial charge is 0.269 e. The molecular formula is C21H13F3N6O4S. The molecule has 35 heavy (non-hydrogen) atoms. The molecule has 2 aromatic heterocycles. The Kier molecular flexibility index (Phi) is 5.79. The molecule has 10 nitrogen and oxygen atoms in total. The topological polar surface area (TPSA) is 164 Å². The van der Waals surface area contributed by atoms with Gasteiger partial charge < -0.3 is 10.5 Å². The molecule has 0 aliphatic rings. The lowest BCUT2D eigenvalue weighted by Gasteiger charge is -2.14. The molecule has 0 fully saturated rings. The van der Waals surface area contributed by atoms with Crippen LogP contribution in [0.1, 0.15) is 16.1 Å². The molecule has 0 bridgehead atoms. The van der Waals surface area contributed by atoms with Crippen molar-refractivity contribution in [3.63, 3.8) is 0 Å². The second kappa shape index (κ2) is 8.61. The highest BCUT2D eigenvalue weighted by atomic mass is 32.2. The van der Waals surface area contributed by atoms with E-state index in [1.165, 1.54) is 6.07 Å². The molecule has 0 saturated heterocycles. The minimum Gasteiger partial charge on any atom is -0.480 e. The Morgan fingerprint density at radius 3 is 2.60 bits per heavy atom. The molecular weight excluding hydrogens is 489 g/mol. The number of methoxy groups -OCH3 is 1. The quantitative estimate of drug-likeness (QED) is 0.365. The van der Waals surface area contributed by atoms with Crippen LogP contribution in [0.15, 0.2) is 41.4 Å². The third-order valence-electron chi connectivity index (χ3n) is 4.94. The summed E-state index contributed by atoms with van der Waals surface area (Å²) in [5.41, 5.74) is 2.30. The van der Waals surface area contributed by atoms with Crippen molar-refractivity contribution in [2.75, 3.05) is 11.8 Å². The predicted molar refractivity (Wildman–Crippen MR) is 116 cm³/mol. The Labute approximate surface area is 195 Å². The van der Waals surface area contributed by atoms with E-state index >= 15 is 8.78 Å². The molecule has 0 radical (unpaired) electrons. The third-order valence-corrected chi connectivity index (χ3v) is 6.31. The van der Waals surface area contributed by atoms with Gasteiger partial charge in [0, 0.05) is 17.1 Å². The van der Waals surface area contributed by atoms with Gasteiger partial charge in [-0.05, 0) is 24.3 Å². The second-order valence-electron chi connectivity index (χ2n) is 7.02. The van der Waals surface area contributed by atoms with E-state index in [0.29, 0.717) is 0 Å². The van der Waals surface area contributed by atoms with E-state index in [9.17, 15) is 17.6 Å². The molecule has 0 aliphatic heterocycles. The number of nitrogens with one attached hydrogen (secondary N) is 2. The number of hydrogen-bond acceptors (Lipinski definition) is 7. The van der Waals surface area contributed by atoms with E-state index in [0.717, 1.165) is 37.6 Å². The summed E-state index contributed by atoms with van der Waals surface area (Å²) in [6.45, 7) is 0. The number of H-pyrrole nitrogens is 1. The number of sulfonamides is 1. The highest BCUT2D eigenvalue weighted by Gasteiger charge is 2.27. The van der Waals surface area contributed by atoms with Crippen molar-refractivity contribution >= 4 is 32.5 Å². The average molecular weight is 502 g/mol. The normalized spacial score (nSPS) is 11.3. The highest BCUT2D eigenvalue weighted by Crippen LogP contribution is 2.36. The van der Waals surface area contributed by atoms with Crippen LogP contribution < -0.4 is 15.2 Å². The van der Waals surface area contributed by atoms with E-state index in [1.807, 2.05) is 4.72 Å². The number of rotatable bonds is 6. The summed E-state index contributed by atoms with van der Waals surface area (Å²) in [7, 11) is -3.45. The van der Waals surface area contributed by atoms with E-state index < -0.39 is 55.1 Å². The van der Waals surface area contributed by atoms with Gasteiger partial charge in [-0.2, -0.15) is 10.4 Å². The van der Waals surface area contributed by atoms with Gasteiger partial charge in [-0.25, -0.2) is 26.6 Å². The first-order valence-electron chi connectivity index (χ1n) is 9.50. The van der Waals surface area contributed by atoms with Gasteiger partial charge in [0.05, 0.1) is 23.9 Å². The van der Waals surface area contributed by atoms with Gasteiger partial charge in [-0.15, -0.1) is 0 Å². The SMILES string of the molecule is COc1ncc(C#N)cc1S(=O)(=O)Nc1ccc(F)c(-c2ccc3c(C(N)=O)n[nH]c3c2F)c1F. The molecule has 0 atom stereocenters. The zero-order valence-corrected chi connectivity index (χ0v) is 18.4. The second-order valence-corrected chi connectivity index (χ2v) is 8.67. The van der Waals surface area contributed by atoms with Gasteiger partial charge in [-0.3, -0.25) is 14.6 Å². The minimum absolute atomic E-state index is 0.00612. The zero-order valence-electron chi connectivity index (χ0n) is 17.6. The fourth-order valence-corrected chi connectivity index (χ4v) is 4.56. The van der Waals surface area contributed by atoms with Crippen LogP contribution in [0.4, 0.5) is 18.9 Å². The number of benzene rings is 2. The average Bonchev–Trinajstić information content (AvgIpc) is 3.27. The van der Waals surface area contributed by atoms with Crippen molar-refractivity contribution in [1.29, 1.82) is 5.26 Å². The lowest BCUT2D eigenvalue weighted by Crippen LogP contribution is -2.16. The maximum absolute atomic E-state index is 15.4. The molecule has 0 unspecified atom stereocenters.